The Hall–Kier alpha value is -1.10. The number of hydrogen-bond acceptors (Lipinski definition) is 4. The van der Waals surface area contributed by atoms with Gasteiger partial charge in [0.05, 0.1) is 13.7 Å². The summed E-state index contributed by atoms with van der Waals surface area (Å²) in [4.78, 5) is 28.2. The van der Waals surface area contributed by atoms with Crippen LogP contribution in [0, 0.1) is 0 Å². The van der Waals surface area contributed by atoms with E-state index in [0.717, 1.165) is 51.7 Å². The number of amides is 1. The van der Waals surface area contributed by atoms with E-state index < -0.39 is 0 Å². The van der Waals surface area contributed by atoms with Crippen molar-refractivity contribution in [1.29, 1.82) is 0 Å². The summed E-state index contributed by atoms with van der Waals surface area (Å²) in [6, 6.07) is -0.232. The van der Waals surface area contributed by atoms with Gasteiger partial charge in [0.15, 0.2) is 0 Å². The summed E-state index contributed by atoms with van der Waals surface area (Å²) >= 11 is 0. The highest BCUT2D eigenvalue weighted by Gasteiger charge is 2.31. The summed E-state index contributed by atoms with van der Waals surface area (Å²) in [6.07, 6.45) is 7.55. The lowest BCUT2D eigenvalue weighted by atomic mass is 10.0. The zero-order valence-electron chi connectivity index (χ0n) is 12.5. The molecule has 0 N–H and O–H groups in total. The summed E-state index contributed by atoms with van der Waals surface area (Å²) in [6.45, 7) is 2.92. The predicted molar refractivity (Wildman–Crippen MR) is 76.3 cm³/mol. The number of carbonyl (C=O) groups excluding carboxylic acids is 2. The summed E-state index contributed by atoms with van der Waals surface area (Å²) < 4.78 is 4.86. The maximum Gasteiger partial charge on any atom is 0.323 e. The summed E-state index contributed by atoms with van der Waals surface area (Å²) in [5.41, 5.74) is 0. The van der Waals surface area contributed by atoms with Gasteiger partial charge in [0.25, 0.3) is 0 Å². The maximum absolute atomic E-state index is 12.4. The average molecular weight is 282 g/mol. The highest BCUT2D eigenvalue weighted by Crippen LogP contribution is 2.18. The minimum atomic E-state index is -0.232. The Balaban J connectivity index is 1.91. The summed E-state index contributed by atoms with van der Waals surface area (Å²) in [5, 5.41) is 0. The van der Waals surface area contributed by atoms with Crippen molar-refractivity contribution in [1.82, 2.24) is 9.80 Å². The Bertz CT molecular complexity index is 338. The molecule has 0 aromatic rings. The molecule has 114 valence electrons. The normalized spacial score (nSPS) is 25.1. The Kier molecular flexibility index (Phi) is 5.83. The van der Waals surface area contributed by atoms with Gasteiger partial charge in [-0.2, -0.15) is 0 Å². The first-order valence-corrected chi connectivity index (χ1v) is 7.82. The molecule has 2 fully saturated rings. The first-order valence-electron chi connectivity index (χ1n) is 7.82. The first-order chi connectivity index (χ1) is 9.72. The van der Waals surface area contributed by atoms with Crippen molar-refractivity contribution in [2.45, 2.75) is 51.0 Å². The molecule has 0 aromatic carbocycles. The summed E-state index contributed by atoms with van der Waals surface area (Å²) in [5.74, 6) is -0.0314. The molecule has 0 radical (unpaired) electrons. The molecule has 2 heterocycles. The molecule has 0 aromatic heterocycles. The van der Waals surface area contributed by atoms with Crippen molar-refractivity contribution in [2.75, 3.05) is 33.3 Å². The van der Waals surface area contributed by atoms with E-state index in [1.54, 1.807) is 0 Å². The Morgan fingerprint density at radius 1 is 1.00 bits per heavy atom. The molecule has 0 spiro atoms. The van der Waals surface area contributed by atoms with Crippen molar-refractivity contribution in [2.24, 2.45) is 0 Å². The molecule has 0 bridgehead atoms. The lowest BCUT2D eigenvalue weighted by Gasteiger charge is -2.34. The maximum atomic E-state index is 12.4. The molecule has 5 nitrogen and oxygen atoms in total. The predicted octanol–water partition coefficient (Wildman–Crippen LogP) is 1.42. The van der Waals surface area contributed by atoms with Gasteiger partial charge in [-0.3, -0.25) is 14.5 Å². The van der Waals surface area contributed by atoms with Gasteiger partial charge >= 0.3 is 5.97 Å². The van der Waals surface area contributed by atoms with E-state index in [1.807, 2.05) is 9.80 Å². The SMILES string of the molecule is COC(=O)C1CCCCN1CC(=O)N1CCCCCC1. The lowest BCUT2D eigenvalue weighted by Crippen LogP contribution is -2.50. The molecule has 0 aliphatic carbocycles. The van der Waals surface area contributed by atoms with E-state index in [-0.39, 0.29) is 17.9 Å². The molecule has 2 aliphatic heterocycles. The lowest BCUT2D eigenvalue weighted by molar-refractivity contribution is -0.149. The van der Waals surface area contributed by atoms with Crippen LogP contribution < -0.4 is 0 Å². The number of methoxy groups -OCH3 is 1. The van der Waals surface area contributed by atoms with Gasteiger partial charge in [-0.1, -0.05) is 19.3 Å². The molecular weight excluding hydrogens is 256 g/mol. The standard InChI is InChI=1S/C15H26N2O3/c1-20-15(19)13-8-4-7-11-17(13)12-14(18)16-9-5-2-3-6-10-16/h13H,2-12H2,1H3. The fourth-order valence-corrected chi connectivity index (χ4v) is 3.18. The minimum Gasteiger partial charge on any atom is -0.468 e. The molecule has 1 amide bonds. The van der Waals surface area contributed by atoms with E-state index >= 15 is 0 Å². The number of piperidine rings is 1. The monoisotopic (exact) mass is 282 g/mol. The van der Waals surface area contributed by atoms with Crippen molar-refractivity contribution in [3.8, 4) is 0 Å². The number of carbonyl (C=O) groups is 2. The number of ether oxygens (including phenoxy) is 1. The topological polar surface area (TPSA) is 49.9 Å². The van der Waals surface area contributed by atoms with Crippen molar-refractivity contribution < 1.29 is 14.3 Å². The van der Waals surface area contributed by atoms with Crippen LogP contribution >= 0.6 is 0 Å². The molecule has 2 saturated heterocycles. The average Bonchev–Trinajstić information content (AvgIpc) is 2.76. The van der Waals surface area contributed by atoms with Crippen LogP contribution in [0.2, 0.25) is 0 Å². The van der Waals surface area contributed by atoms with Crippen LogP contribution in [0.5, 0.6) is 0 Å². The largest absolute Gasteiger partial charge is 0.468 e. The second-order valence-electron chi connectivity index (χ2n) is 5.80. The van der Waals surface area contributed by atoms with Crippen LogP contribution in [0.15, 0.2) is 0 Å². The second-order valence-corrected chi connectivity index (χ2v) is 5.80. The van der Waals surface area contributed by atoms with Gasteiger partial charge in [0.1, 0.15) is 6.04 Å². The highest BCUT2D eigenvalue weighted by atomic mass is 16.5. The van der Waals surface area contributed by atoms with Gasteiger partial charge in [-0.15, -0.1) is 0 Å². The Labute approximate surface area is 121 Å². The minimum absolute atomic E-state index is 0.169. The highest BCUT2D eigenvalue weighted by molar-refractivity contribution is 5.80. The van der Waals surface area contributed by atoms with Crippen molar-refractivity contribution in [3.05, 3.63) is 0 Å². The van der Waals surface area contributed by atoms with Crippen LogP contribution in [0.1, 0.15) is 44.9 Å². The number of rotatable bonds is 3. The number of likely N-dealkylation sites (tertiary alicyclic amines) is 2. The zero-order chi connectivity index (χ0) is 14.4. The van der Waals surface area contributed by atoms with Crippen molar-refractivity contribution >= 4 is 11.9 Å². The molecule has 0 saturated carbocycles. The van der Waals surface area contributed by atoms with Gasteiger partial charge in [0.2, 0.25) is 5.91 Å². The van der Waals surface area contributed by atoms with Gasteiger partial charge in [-0.25, -0.2) is 0 Å². The van der Waals surface area contributed by atoms with Crippen LogP contribution in [0.3, 0.4) is 0 Å². The van der Waals surface area contributed by atoms with Gasteiger partial charge in [0, 0.05) is 13.1 Å². The molecule has 2 rings (SSSR count). The van der Waals surface area contributed by atoms with Crippen LogP contribution in [0.4, 0.5) is 0 Å². The Morgan fingerprint density at radius 3 is 2.30 bits per heavy atom. The first kappa shape index (κ1) is 15.3. The van der Waals surface area contributed by atoms with Crippen molar-refractivity contribution in [3.63, 3.8) is 0 Å². The van der Waals surface area contributed by atoms with Gasteiger partial charge in [-0.05, 0) is 32.2 Å². The second kappa shape index (κ2) is 7.62. The molecule has 5 heteroatoms. The van der Waals surface area contributed by atoms with E-state index in [1.165, 1.54) is 20.0 Å². The molecular formula is C15H26N2O3. The van der Waals surface area contributed by atoms with E-state index in [2.05, 4.69) is 0 Å². The fourth-order valence-electron chi connectivity index (χ4n) is 3.18. The van der Waals surface area contributed by atoms with E-state index in [4.69, 9.17) is 4.74 Å². The number of nitrogens with zero attached hydrogens (tertiary/aromatic N) is 2. The molecule has 1 atom stereocenters. The molecule has 2 aliphatic rings. The quantitative estimate of drug-likeness (QED) is 0.735. The third-order valence-electron chi connectivity index (χ3n) is 4.38. The van der Waals surface area contributed by atoms with Crippen LogP contribution in [-0.2, 0) is 14.3 Å². The summed E-state index contributed by atoms with van der Waals surface area (Å²) in [7, 11) is 1.42. The molecule has 20 heavy (non-hydrogen) atoms. The van der Waals surface area contributed by atoms with E-state index in [9.17, 15) is 9.59 Å². The number of hydrogen-bond donors (Lipinski definition) is 0. The van der Waals surface area contributed by atoms with Crippen LogP contribution in [-0.4, -0.2) is 61.0 Å². The van der Waals surface area contributed by atoms with Gasteiger partial charge < -0.3 is 9.64 Å². The third kappa shape index (κ3) is 3.95. The zero-order valence-corrected chi connectivity index (χ0v) is 12.5. The third-order valence-corrected chi connectivity index (χ3v) is 4.38. The fraction of sp³-hybridized carbons (Fsp3) is 0.867. The van der Waals surface area contributed by atoms with E-state index in [0.29, 0.717) is 6.54 Å². The molecule has 1 unspecified atom stereocenters. The smallest absolute Gasteiger partial charge is 0.323 e. The Morgan fingerprint density at radius 2 is 1.65 bits per heavy atom. The number of esters is 1. The van der Waals surface area contributed by atoms with Crippen LogP contribution in [0.25, 0.3) is 0 Å².